The van der Waals surface area contributed by atoms with Crippen LogP contribution >= 0.6 is 0 Å². The van der Waals surface area contributed by atoms with Crippen LogP contribution in [0.4, 0.5) is 0 Å². The first-order chi connectivity index (χ1) is 6.09. The lowest BCUT2D eigenvalue weighted by Crippen LogP contribution is -2.40. The molecule has 0 saturated carbocycles. The van der Waals surface area contributed by atoms with Crippen LogP contribution in [0.25, 0.3) is 0 Å². The van der Waals surface area contributed by atoms with Gasteiger partial charge in [0.15, 0.2) is 0 Å². The highest BCUT2D eigenvalue weighted by atomic mass is 16.2. The molecule has 0 bridgehead atoms. The van der Waals surface area contributed by atoms with Gasteiger partial charge in [0, 0.05) is 12.3 Å². The molecule has 3 nitrogen and oxygen atoms in total. The lowest BCUT2D eigenvalue weighted by Gasteiger charge is -2.21. The molecule has 74 valence electrons. The van der Waals surface area contributed by atoms with Gasteiger partial charge in [-0.2, -0.15) is 0 Å². The van der Waals surface area contributed by atoms with Crippen LogP contribution < -0.4 is 5.32 Å². The molecule has 0 spiro atoms. The quantitative estimate of drug-likeness (QED) is 0.673. The van der Waals surface area contributed by atoms with E-state index in [1.807, 2.05) is 0 Å². The summed E-state index contributed by atoms with van der Waals surface area (Å²) in [7, 11) is 0. The molecule has 0 aromatic heterocycles. The zero-order chi connectivity index (χ0) is 9.84. The summed E-state index contributed by atoms with van der Waals surface area (Å²) in [6.45, 7) is 4.29. The molecular weight excluding hydrogens is 166 g/mol. The molecule has 0 radical (unpaired) electrons. The number of nitrogens with one attached hydrogen (secondary N) is 1. The highest BCUT2D eigenvalue weighted by molar-refractivity contribution is 5.98. The molecule has 1 saturated heterocycles. The van der Waals surface area contributed by atoms with Crippen molar-refractivity contribution in [3.05, 3.63) is 0 Å². The third kappa shape index (κ3) is 3.17. The van der Waals surface area contributed by atoms with E-state index >= 15 is 0 Å². The Morgan fingerprint density at radius 3 is 2.69 bits per heavy atom. The third-order valence-electron chi connectivity index (χ3n) is 2.45. The van der Waals surface area contributed by atoms with Crippen molar-refractivity contribution in [2.24, 2.45) is 11.8 Å². The predicted molar refractivity (Wildman–Crippen MR) is 49.9 cm³/mol. The SMILES string of the molecule is CC(C)CCC1CCC(=O)NC1=O. The van der Waals surface area contributed by atoms with Crippen molar-refractivity contribution in [2.75, 3.05) is 0 Å². The molecule has 1 rings (SSSR count). The van der Waals surface area contributed by atoms with E-state index in [0.29, 0.717) is 12.3 Å². The second-order valence-corrected chi connectivity index (χ2v) is 4.12. The molecule has 1 fully saturated rings. The second kappa shape index (κ2) is 4.40. The van der Waals surface area contributed by atoms with Gasteiger partial charge >= 0.3 is 0 Å². The molecule has 1 N–H and O–H groups in total. The topological polar surface area (TPSA) is 46.2 Å². The standard InChI is InChI=1S/C10H17NO2/c1-7(2)3-4-8-5-6-9(12)11-10(8)13/h7-8H,3-6H2,1-2H3,(H,11,12,13). The lowest BCUT2D eigenvalue weighted by atomic mass is 9.91. The van der Waals surface area contributed by atoms with E-state index < -0.39 is 0 Å². The summed E-state index contributed by atoms with van der Waals surface area (Å²) in [5.74, 6) is 0.508. The van der Waals surface area contributed by atoms with E-state index in [1.165, 1.54) is 0 Å². The van der Waals surface area contributed by atoms with Crippen molar-refractivity contribution >= 4 is 11.8 Å². The molecule has 13 heavy (non-hydrogen) atoms. The van der Waals surface area contributed by atoms with Crippen molar-refractivity contribution < 1.29 is 9.59 Å². The van der Waals surface area contributed by atoms with Gasteiger partial charge in [-0.05, 0) is 18.8 Å². The van der Waals surface area contributed by atoms with E-state index in [9.17, 15) is 9.59 Å². The summed E-state index contributed by atoms with van der Waals surface area (Å²) in [5, 5.41) is 2.38. The normalized spacial score (nSPS) is 23.5. The summed E-state index contributed by atoms with van der Waals surface area (Å²) in [6.07, 6.45) is 3.22. The first-order valence-electron chi connectivity index (χ1n) is 4.93. The molecule has 1 atom stereocenters. The Balaban J connectivity index is 2.34. The van der Waals surface area contributed by atoms with Crippen molar-refractivity contribution in [3.63, 3.8) is 0 Å². The van der Waals surface area contributed by atoms with Crippen LogP contribution in [-0.2, 0) is 9.59 Å². The Morgan fingerprint density at radius 1 is 1.46 bits per heavy atom. The fourth-order valence-electron chi connectivity index (χ4n) is 1.55. The maximum absolute atomic E-state index is 11.3. The number of imide groups is 1. The van der Waals surface area contributed by atoms with Gasteiger partial charge in [-0.3, -0.25) is 14.9 Å². The summed E-state index contributed by atoms with van der Waals surface area (Å²) in [4.78, 5) is 22.1. The summed E-state index contributed by atoms with van der Waals surface area (Å²) in [5.41, 5.74) is 0. The van der Waals surface area contributed by atoms with Crippen molar-refractivity contribution in [1.82, 2.24) is 5.32 Å². The summed E-state index contributed by atoms with van der Waals surface area (Å²) >= 11 is 0. The van der Waals surface area contributed by atoms with Crippen LogP contribution in [0.15, 0.2) is 0 Å². The van der Waals surface area contributed by atoms with Crippen molar-refractivity contribution in [3.8, 4) is 0 Å². The van der Waals surface area contributed by atoms with Crippen LogP contribution in [0.5, 0.6) is 0 Å². The number of hydrogen-bond donors (Lipinski definition) is 1. The van der Waals surface area contributed by atoms with Gasteiger partial charge in [0.05, 0.1) is 0 Å². The van der Waals surface area contributed by atoms with Gasteiger partial charge in [0.25, 0.3) is 0 Å². The molecule has 3 heteroatoms. The minimum atomic E-state index is -0.120. The number of carbonyl (C=O) groups excluding carboxylic acids is 2. The largest absolute Gasteiger partial charge is 0.296 e. The second-order valence-electron chi connectivity index (χ2n) is 4.12. The average Bonchev–Trinajstić information content (AvgIpc) is 2.02. The van der Waals surface area contributed by atoms with Crippen LogP contribution in [0.1, 0.15) is 39.5 Å². The third-order valence-corrected chi connectivity index (χ3v) is 2.45. The molecule has 1 heterocycles. The van der Waals surface area contributed by atoms with Crippen LogP contribution in [0.3, 0.4) is 0 Å². The Morgan fingerprint density at radius 2 is 2.15 bits per heavy atom. The molecule has 2 amide bonds. The Hall–Kier alpha value is -0.860. The Labute approximate surface area is 78.9 Å². The van der Waals surface area contributed by atoms with E-state index in [2.05, 4.69) is 19.2 Å². The van der Waals surface area contributed by atoms with Gasteiger partial charge in [0.2, 0.25) is 11.8 Å². The minimum absolute atomic E-state index is 0.0695. The monoisotopic (exact) mass is 183 g/mol. The molecule has 0 aliphatic carbocycles. The van der Waals surface area contributed by atoms with E-state index in [4.69, 9.17) is 0 Å². The van der Waals surface area contributed by atoms with Crippen molar-refractivity contribution in [1.29, 1.82) is 0 Å². The van der Waals surface area contributed by atoms with Crippen molar-refractivity contribution in [2.45, 2.75) is 39.5 Å². The first kappa shape index (κ1) is 10.2. The summed E-state index contributed by atoms with van der Waals surface area (Å²) < 4.78 is 0. The van der Waals surface area contributed by atoms with E-state index in [1.54, 1.807) is 0 Å². The zero-order valence-corrected chi connectivity index (χ0v) is 8.30. The zero-order valence-electron chi connectivity index (χ0n) is 8.30. The minimum Gasteiger partial charge on any atom is -0.296 e. The highest BCUT2D eigenvalue weighted by Gasteiger charge is 2.25. The van der Waals surface area contributed by atoms with Gasteiger partial charge in [-0.1, -0.05) is 20.3 Å². The van der Waals surface area contributed by atoms with Gasteiger partial charge in [-0.25, -0.2) is 0 Å². The van der Waals surface area contributed by atoms with Gasteiger partial charge in [0.1, 0.15) is 0 Å². The number of rotatable bonds is 3. The average molecular weight is 183 g/mol. The summed E-state index contributed by atoms with van der Waals surface area (Å²) in [6, 6.07) is 0. The number of piperidine rings is 1. The van der Waals surface area contributed by atoms with Crippen LogP contribution in [0.2, 0.25) is 0 Å². The molecule has 1 aliphatic heterocycles. The number of carbonyl (C=O) groups is 2. The predicted octanol–water partition coefficient (Wildman–Crippen LogP) is 1.48. The molecule has 1 aliphatic rings. The van der Waals surface area contributed by atoms with Gasteiger partial charge in [-0.15, -0.1) is 0 Å². The van der Waals surface area contributed by atoms with Crippen LogP contribution in [0, 0.1) is 11.8 Å². The first-order valence-corrected chi connectivity index (χ1v) is 4.93. The fourth-order valence-corrected chi connectivity index (χ4v) is 1.55. The maximum atomic E-state index is 11.3. The smallest absolute Gasteiger partial charge is 0.229 e. The molecular formula is C10H17NO2. The lowest BCUT2D eigenvalue weighted by molar-refractivity contribution is -0.136. The molecule has 1 unspecified atom stereocenters. The number of amides is 2. The van der Waals surface area contributed by atoms with E-state index in [0.717, 1.165) is 19.3 Å². The molecule has 0 aromatic carbocycles. The van der Waals surface area contributed by atoms with E-state index in [-0.39, 0.29) is 17.7 Å². The molecule has 0 aromatic rings. The van der Waals surface area contributed by atoms with Crippen LogP contribution in [-0.4, -0.2) is 11.8 Å². The maximum Gasteiger partial charge on any atom is 0.229 e. The number of hydrogen-bond acceptors (Lipinski definition) is 2. The van der Waals surface area contributed by atoms with Gasteiger partial charge < -0.3 is 0 Å². The Kier molecular flexibility index (Phi) is 3.46. The Bertz CT molecular complexity index is 211. The fraction of sp³-hybridized carbons (Fsp3) is 0.800. The highest BCUT2D eigenvalue weighted by Crippen LogP contribution is 2.20.